The summed E-state index contributed by atoms with van der Waals surface area (Å²) in [5.41, 5.74) is 2.95. The van der Waals surface area contributed by atoms with Crippen LogP contribution in [0, 0.1) is 34.5 Å². The molecule has 5 rings (SSSR count). The molecule has 1 aromatic rings. The Morgan fingerprint density at radius 3 is 2.67 bits per heavy atom. The molecule has 0 spiro atoms. The van der Waals surface area contributed by atoms with E-state index in [0.717, 1.165) is 63.4 Å². The highest BCUT2D eigenvalue weighted by Gasteiger charge is 2.67. The van der Waals surface area contributed by atoms with Crippen LogP contribution in [-0.4, -0.2) is 26.0 Å². The van der Waals surface area contributed by atoms with E-state index in [2.05, 4.69) is 24.1 Å². The van der Waals surface area contributed by atoms with Gasteiger partial charge in [-0.2, -0.15) is 4.83 Å². The zero-order chi connectivity index (χ0) is 23.4. The molecule has 0 aromatic carbocycles. The summed E-state index contributed by atoms with van der Waals surface area (Å²) < 4.78 is 26.7. The van der Waals surface area contributed by atoms with E-state index in [4.69, 9.17) is 4.42 Å². The maximum atomic E-state index is 12.3. The minimum Gasteiger partial charge on any atom is -0.759 e. The molecule has 0 radical (unpaired) electrons. The Morgan fingerprint density at radius 1 is 1.12 bits per heavy atom. The number of hydrogen-bond acceptors (Lipinski definition) is 6. The Kier molecular flexibility index (Phi) is 6.14. The first-order valence-corrected chi connectivity index (χ1v) is 13.6. The van der Waals surface area contributed by atoms with Crippen molar-refractivity contribution < 1.29 is 18.3 Å². The molecule has 0 bridgehead atoms. The van der Waals surface area contributed by atoms with Crippen LogP contribution in [-0.2, 0) is 11.3 Å². The second-order valence-corrected chi connectivity index (χ2v) is 12.4. The van der Waals surface area contributed by atoms with Gasteiger partial charge in [-0.15, -0.1) is 0 Å². The van der Waals surface area contributed by atoms with Crippen LogP contribution in [0.25, 0.3) is 0 Å². The number of hydrazine groups is 1. The van der Waals surface area contributed by atoms with Crippen molar-refractivity contribution in [2.75, 3.05) is 6.54 Å². The van der Waals surface area contributed by atoms with Crippen LogP contribution >= 0.6 is 0 Å². The van der Waals surface area contributed by atoms with Gasteiger partial charge in [0.25, 0.3) is 0 Å². The van der Waals surface area contributed by atoms with Crippen molar-refractivity contribution in [1.82, 2.24) is 10.3 Å². The molecule has 1 unspecified atom stereocenters. The Labute approximate surface area is 198 Å². The zero-order valence-electron chi connectivity index (χ0n) is 19.7. The maximum Gasteiger partial charge on any atom is 0.335 e. The van der Waals surface area contributed by atoms with Crippen LogP contribution in [0.3, 0.4) is 0 Å². The topological polar surface area (TPSA) is 115 Å². The molecule has 0 amide bonds. The molecule has 4 fully saturated rings. The van der Waals surface area contributed by atoms with Crippen LogP contribution in [0.15, 0.2) is 27.6 Å². The maximum absolute atomic E-state index is 12.3. The molecule has 0 aliphatic heterocycles. The van der Waals surface area contributed by atoms with Gasteiger partial charge in [-0.05, 0) is 104 Å². The van der Waals surface area contributed by atoms with Crippen molar-refractivity contribution in [3.05, 3.63) is 34.4 Å². The Bertz CT molecular complexity index is 950. The monoisotopic (exact) mass is 477 g/mol. The van der Waals surface area contributed by atoms with Crippen molar-refractivity contribution in [2.24, 2.45) is 34.5 Å². The minimum atomic E-state index is -2.28. The Hall–Kier alpha value is -1.06. The van der Waals surface area contributed by atoms with Gasteiger partial charge < -0.3 is 14.1 Å². The van der Waals surface area contributed by atoms with E-state index < -0.39 is 16.9 Å². The third kappa shape index (κ3) is 3.77. The molecular formula is C25H37N2O5S-. The molecule has 184 valence electrons. The van der Waals surface area contributed by atoms with Gasteiger partial charge >= 0.3 is 5.63 Å². The van der Waals surface area contributed by atoms with Crippen LogP contribution in [0.2, 0.25) is 0 Å². The molecule has 9 atom stereocenters. The predicted molar refractivity (Wildman–Crippen MR) is 124 cm³/mol. The molecule has 0 saturated heterocycles. The van der Waals surface area contributed by atoms with Gasteiger partial charge in [0, 0.05) is 29.3 Å². The highest BCUT2D eigenvalue weighted by molar-refractivity contribution is 7.76. The molecule has 3 N–H and O–H groups in total. The second-order valence-electron chi connectivity index (χ2n) is 11.7. The van der Waals surface area contributed by atoms with E-state index in [1.54, 1.807) is 6.26 Å². The van der Waals surface area contributed by atoms with E-state index in [0.29, 0.717) is 30.2 Å². The normalized spacial score (nSPS) is 45.6. The lowest BCUT2D eigenvalue weighted by atomic mass is 9.43. The van der Waals surface area contributed by atoms with E-state index in [9.17, 15) is 18.7 Å². The molecule has 1 heterocycles. The van der Waals surface area contributed by atoms with E-state index in [-0.39, 0.29) is 22.4 Å². The highest BCUT2D eigenvalue weighted by atomic mass is 32.2. The molecular weight excluding hydrogens is 440 g/mol. The fourth-order valence-corrected chi connectivity index (χ4v) is 9.05. The summed E-state index contributed by atoms with van der Waals surface area (Å²) in [6.07, 6.45) is 11.1. The number of aliphatic hydroxyl groups is 1. The number of hydrogen-bond donors (Lipinski definition) is 3. The summed E-state index contributed by atoms with van der Waals surface area (Å²) in [7, 11) is 0. The summed E-state index contributed by atoms with van der Waals surface area (Å²) in [6.45, 7) is 5.41. The number of nitrogens with one attached hydrogen (secondary N) is 2. The van der Waals surface area contributed by atoms with Gasteiger partial charge in [0.2, 0.25) is 0 Å². The number of fused-ring (bicyclic) bond motifs is 5. The molecule has 4 saturated carbocycles. The van der Waals surface area contributed by atoms with Crippen molar-refractivity contribution in [3.8, 4) is 0 Å². The summed E-state index contributed by atoms with van der Waals surface area (Å²) >= 11 is -2.28. The summed E-state index contributed by atoms with van der Waals surface area (Å²) in [4.78, 5) is 13.8. The third-order valence-corrected chi connectivity index (χ3v) is 10.9. The first-order valence-electron chi connectivity index (χ1n) is 12.6. The molecule has 4 aliphatic rings. The number of rotatable bonds is 5. The summed E-state index contributed by atoms with van der Waals surface area (Å²) in [5, 5.41) is 12.3. The smallest absolute Gasteiger partial charge is 0.335 e. The van der Waals surface area contributed by atoms with Gasteiger partial charge in [0.1, 0.15) is 0 Å². The minimum absolute atomic E-state index is 0.196. The predicted octanol–water partition coefficient (Wildman–Crippen LogP) is 3.39. The van der Waals surface area contributed by atoms with Crippen LogP contribution in [0.4, 0.5) is 0 Å². The SMILES string of the molecule is C[C@]12CC[C@H](CNNS(=O)[O-])C[C@H]1CC[C@@H]1[C@@H]2CC[C@]2(C)[C@@H](c3ccc(=O)oc3)CC[C@]12O. The van der Waals surface area contributed by atoms with Crippen molar-refractivity contribution >= 4 is 11.3 Å². The first kappa shape index (κ1) is 23.7. The molecule has 7 nitrogen and oxygen atoms in total. The lowest BCUT2D eigenvalue weighted by Gasteiger charge is -2.64. The Balaban J connectivity index is 1.34. The first-order chi connectivity index (χ1) is 15.7. The van der Waals surface area contributed by atoms with Gasteiger partial charge in [-0.3, -0.25) is 4.21 Å². The van der Waals surface area contributed by atoms with Gasteiger partial charge in [-0.1, -0.05) is 13.8 Å². The average molecular weight is 478 g/mol. The van der Waals surface area contributed by atoms with Gasteiger partial charge in [0.05, 0.1) is 11.9 Å². The van der Waals surface area contributed by atoms with E-state index in [1.165, 1.54) is 6.07 Å². The standard InChI is InChI=1S/C25H38N2O5S/c1-23-10-7-16(14-26-27-33(30)31)13-18(23)4-5-21-20(23)8-11-24(2)19(9-12-25(21,24)29)17-3-6-22(28)32-15-17/h3,6,15-16,18-21,26-27,29H,4-5,7-14H2,1-2H3,(H,30,31)/p-1/t16-,18+,19+,20-,21+,23-,24+,25-/m0/s1. The third-order valence-electron chi connectivity index (χ3n) is 10.6. The lowest BCUT2D eigenvalue weighted by molar-refractivity contribution is -0.203. The second kappa shape index (κ2) is 8.55. The molecule has 8 heteroatoms. The summed E-state index contributed by atoms with van der Waals surface area (Å²) in [6, 6.07) is 3.40. The fourth-order valence-electron chi connectivity index (χ4n) is 8.85. The molecule has 4 aliphatic carbocycles. The van der Waals surface area contributed by atoms with Gasteiger partial charge in [0.15, 0.2) is 0 Å². The van der Waals surface area contributed by atoms with Crippen LogP contribution < -0.4 is 15.9 Å². The van der Waals surface area contributed by atoms with Crippen molar-refractivity contribution in [1.29, 1.82) is 0 Å². The fraction of sp³-hybridized carbons (Fsp3) is 0.800. The average Bonchev–Trinajstić information content (AvgIpc) is 3.05. The van der Waals surface area contributed by atoms with Gasteiger partial charge in [-0.25, -0.2) is 10.2 Å². The van der Waals surface area contributed by atoms with Crippen molar-refractivity contribution in [3.63, 3.8) is 0 Å². The van der Waals surface area contributed by atoms with Crippen LogP contribution in [0.5, 0.6) is 0 Å². The quantitative estimate of drug-likeness (QED) is 0.442. The largest absolute Gasteiger partial charge is 0.759 e. The van der Waals surface area contributed by atoms with Crippen molar-refractivity contribution in [2.45, 2.75) is 83.2 Å². The zero-order valence-corrected chi connectivity index (χ0v) is 20.5. The van der Waals surface area contributed by atoms with E-state index in [1.807, 2.05) is 6.07 Å². The van der Waals surface area contributed by atoms with Crippen LogP contribution in [0.1, 0.15) is 83.1 Å². The molecule has 33 heavy (non-hydrogen) atoms. The summed E-state index contributed by atoms with van der Waals surface area (Å²) in [5.74, 6) is 2.18. The molecule has 1 aromatic heterocycles. The Morgan fingerprint density at radius 2 is 1.94 bits per heavy atom. The van der Waals surface area contributed by atoms with E-state index >= 15 is 0 Å². The highest BCUT2D eigenvalue weighted by Crippen LogP contribution is 2.70. The lowest BCUT2D eigenvalue weighted by Crippen LogP contribution is -2.62.